The van der Waals surface area contributed by atoms with E-state index in [4.69, 9.17) is 16.3 Å². The number of ketones is 1. The molecule has 28 heavy (non-hydrogen) atoms. The number of nitrogens with one attached hydrogen (secondary N) is 1. The predicted octanol–water partition coefficient (Wildman–Crippen LogP) is 5.05. The highest BCUT2D eigenvalue weighted by molar-refractivity contribution is 6.31. The molecule has 142 valence electrons. The largest absolute Gasteiger partial charge is 0.444 e. The summed E-state index contributed by atoms with van der Waals surface area (Å²) >= 11 is 5.95. The minimum atomic E-state index is -0.751. The van der Waals surface area contributed by atoms with E-state index in [1.54, 1.807) is 6.07 Å². The molecule has 7 heteroatoms. The van der Waals surface area contributed by atoms with E-state index in [9.17, 15) is 14.0 Å². The van der Waals surface area contributed by atoms with Crippen LogP contribution in [0.2, 0.25) is 5.02 Å². The van der Waals surface area contributed by atoms with Crippen molar-refractivity contribution in [2.45, 2.75) is 13.0 Å². The Hall–Kier alpha value is -3.25. The lowest BCUT2D eigenvalue weighted by Gasteiger charge is -2.11. The Balaban J connectivity index is 1.71. The molecule has 5 nitrogen and oxygen atoms in total. The zero-order valence-corrected chi connectivity index (χ0v) is 15.4. The van der Waals surface area contributed by atoms with Crippen LogP contribution in [0.5, 0.6) is 0 Å². The first-order chi connectivity index (χ1) is 13.5. The third kappa shape index (κ3) is 5.37. The quantitative estimate of drug-likeness (QED) is 0.590. The summed E-state index contributed by atoms with van der Waals surface area (Å²) < 4.78 is 18.5. The van der Waals surface area contributed by atoms with Crippen LogP contribution >= 0.6 is 11.6 Å². The van der Waals surface area contributed by atoms with Crippen LogP contribution in [0.15, 0.2) is 66.9 Å². The summed E-state index contributed by atoms with van der Waals surface area (Å²) in [6, 6.07) is 16.3. The van der Waals surface area contributed by atoms with Gasteiger partial charge in [-0.2, -0.15) is 0 Å². The summed E-state index contributed by atoms with van der Waals surface area (Å²) in [6.07, 6.45) is 0.499. The van der Waals surface area contributed by atoms with Crippen molar-refractivity contribution in [3.63, 3.8) is 0 Å². The van der Waals surface area contributed by atoms with E-state index in [2.05, 4.69) is 10.3 Å². The van der Waals surface area contributed by atoms with Gasteiger partial charge in [-0.25, -0.2) is 14.2 Å². The molecule has 0 saturated heterocycles. The molecule has 0 aliphatic heterocycles. The van der Waals surface area contributed by atoms with Gasteiger partial charge >= 0.3 is 6.09 Å². The number of carbonyl (C=O) groups excluding carboxylic acids is 2. The molecule has 0 radical (unpaired) electrons. The average Bonchev–Trinajstić information content (AvgIpc) is 2.68. The number of rotatable bonds is 6. The Bertz CT molecular complexity index is 996. The number of amides is 1. The number of anilines is 1. The highest BCUT2D eigenvalue weighted by Crippen LogP contribution is 2.20. The number of halogens is 2. The van der Waals surface area contributed by atoms with E-state index in [-0.39, 0.29) is 35.2 Å². The second-order valence-electron chi connectivity index (χ2n) is 5.97. The molecule has 0 atom stereocenters. The minimum Gasteiger partial charge on any atom is -0.444 e. The second-order valence-corrected chi connectivity index (χ2v) is 6.40. The lowest BCUT2D eigenvalue weighted by molar-refractivity contribution is 0.0993. The Morgan fingerprint density at radius 1 is 1.04 bits per heavy atom. The summed E-state index contributed by atoms with van der Waals surface area (Å²) in [5.41, 5.74) is 1.44. The topological polar surface area (TPSA) is 68.3 Å². The van der Waals surface area contributed by atoms with Crippen LogP contribution in [0, 0.1) is 5.82 Å². The second kappa shape index (κ2) is 9.10. The highest BCUT2D eigenvalue weighted by atomic mass is 35.5. The summed E-state index contributed by atoms with van der Waals surface area (Å²) in [7, 11) is 0. The maximum absolute atomic E-state index is 13.3. The molecular weight excluding hydrogens is 383 g/mol. The first kappa shape index (κ1) is 19.5. The first-order valence-electron chi connectivity index (χ1n) is 8.42. The van der Waals surface area contributed by atoms with Gasteiger partial charge in [-0.3, -0.25) is 10.1 Å². The molecule has 3 rings (SSSR count). The van der Waals surface area contributed by atoms with E-state index in [1.807, 2.05) is 30.3 Å². The summed E-state index contributed by atoms with van der Waals surface area (Å²) in [5, 5.41) is 2.70. The van der Waals surface area contributed by atoms with E-state index in [0.717, 1.165) is 5.56 Å². The molecule has 0 fully saturated rings. The maximum atomic E-state index is 13.3. The van der Waals surface area contributed by atoms with Crippen molar-refractivity contribution < 1.29 is 18.7 Å². The van der Waals surface area contributed by atoms with Gasteiger partial charge in [0.15, 0.2) is 5.78 Å². The van der Waals surface area contributed by atoms with Crippen molar-refractivity contribution in [1.29, 1.82) is 0 Å². The van der Waals surface area contributed by atoms with Crippen LogP contribution < -0.4 is 5.32 Å². The molecule has 2 aromatic carbocycles. The molecule has 0 aliphatic rings. The van der Waals surface area contributed by atoms with Crippen molar-refractivity contribution in [2.24, 2.45) is 0 Å². The van der Waals surface area contributed by atoms with Crippen molar-refractivity contribution in [3.8, 4) is 0 Å². The van der Waals surface area contributed by atoms with Crippen molar-refractivity contribution in [3.05, 3.63) is 94.4 Å². The molecule has 3 aromatic rings. The van der Waals surface area contributed by atoms with Crippen LogP contribution in [-0.4, -0.2) is 16.9 Å². The zero-order chi connectivity index (χ0) is 19.9. The molecule has 0 spiro atoms. The van der Waals surface area contributed by atoms with Crippen LogP contribution in [0.1, 0.15) is 21.5 Å². The molecule has 1 N–H and O–H groups in total. The maximum Gasteiger partial charge on any atom is 0.413 e. The van der Waals surface area contributed by atoms with E-state index in [0.29, 0.717) is 5.56 Å². The van der Waals surface area contributed by atoms with Gasteiger partial charge in [0.25, 0.3) is 0 Å². The van der Waals surface area contributed by atoms with Crippen LogP contribution in [0.3, 0.4) is 0 Å². The minimum absolute atomic E-state index is 0.0314. The van der Waals surface area contributed by atoms with Crippen LogP contribution in [0.4, 0.5) is 15.0 Å². The summed E-state index contributed by atoms with van der Waals surface area (Å²) in [6.45, 7) is 0.0762. The van der Waals surface area contributed by atoms with Gasteiger partial charge in [-0.15, -0.1) is 0 Å². The Kier molecular flexibility index (Phi) is 6.34. The highest BCUT2D eigenvalue weighted by Gasteiger charge is 2.17. The van der Waals surface area contributed by atoms with E-state index < -0.39 is 11.9 Å². The molecule has 1 heterocycles. The van der Waals surface area contributed by atoms with Crippen molar-refractivity contribution >= 4 is 29.3 Å². The Labute approximate surface area is 166 Å². The third-order valence-electron chi connectivity index (χ3n) is 3.84. The Morgan fingerprint density at radius 2 is 1.79 bits per heavy atom. The Morgan fingerprint density at radius 3 is 2.54 bits per heavy atom. The SMILES string of the molecule is O=C(Nc1ncc(Cl)cc1C(=O)Cc1cccc(F)c1)OCc1ccccc1. The standard InChI is InChI=1S/C21H16ClFN2O3/c22-16-11-18(19(26)10-15-7-4-8-17(23)9-15)20(24-12-16)25-21(27)28-13-14-5-2-1-3-6-14/h1-9,11-12H,10,13H2,(H,24,25,27). The molecular formula is C21H16ClFN2O3. The number of carbonyl (C=O) groups is 2. The molecule has 1 aromatic heterocycles. The third-order valence-corrected chi connectivity index (χ3v) is 4.05. The summed E-state index contributed by atoms with van der Waals surface area (Å²) in [4.78, 5) is 28.7. The van der Waals surface area contributed by atoms with Gasteiger partial charge in [0.05, 0.1) is 10.6 Å². The normalized spacial score (nSPS) is 10.4. The first-order valence-corrected chi connectivity index (χ1v) is 8.80. The van der Waals surface area contributed by atoms with Gasteiger partial charge in [-0.1, -0.05) is 54.1 Å². The molecule has 0 unspecified atom stereocenters. The number of nitrogens with zero attached hydrogens (tertiary/aromatic N) is 1. The van der Waals surface area contributed by atoms with Crippen molar-refractivity contribution in [2.75, 3.05) is 5.32 Å². The fourth-order valence-electron chi connectivity index (χ4n) is 2.53. The molecule has 0 aliphatic carbocycles. The van der Waals surface area contributed by atoms with Gasteiger partial charge in [-0.05, 0) is 29.3 Å². The van der Waals surface area contributed by atoms with Crippen LogP contribution in [0.25, 0.3) is 0 Å². The molecule has 0 saturated carbocycles. The van der Waals surface area contributed by atoms with Crippen molar-refractivity contribution in [1.82, 2.24) is 4.98 Å². The van der Waals surface area contributed by atoms with E-state index >= 15 is 0 Å². The van der Waals surface area contributed by atoms with E-state index in [1.165, 1.54) is 30.5 Å². The number of hydrogen-bond acceptors (Lipinski definition) is 4. The molecule has 1 amide bonds. The zero-order valence-electron chi connectivity index (χ0n) is 14.7. The lowest BCUT2D eigenvalue weighted by atomic mass is 10.0. The lowest BCUT2D eigenvalue weighted by Crippen LogP contribution is -2.18. The fraction of sp³-hybridized carbons (Fsp3) is 0.0952. The number of pyridine rings is 1. The van der Waals surface area contributed by atoms with Gasteiger partial charge < -0.3 is 4.74 Å². The van der Waals surface area contributed by atoms with Crippen LogP contribution in [-0.2, 0) is 17.8 Å². The average molecular weight is 399 g/mol. The van der Waals surface area contributed by atoms with Gasteiger partial charge in [0, 0.05) is 12.6 Å². The smallest absolute Gasteiger partial charge is 0.413 e. The number of benzene rings is 2. The monoisotopic (exact) mass is 398 g/mol. The van der Waals surface area contributed by atoms with Gasteiger partial charge in [0.1, 0.15) is 18.2 Å². The molecule has 0 bridgehead atoms. The summed E-state index contributed by atoms with van der Waals surface area (Å²) in [5.74, 6) is -0.764. The van der Waals surface area contributed by atoms with Gasteiger partial charge in [0.2, 0.25) is 0 Å². The number of Topliss-reactive ketones (excluding diaryl/α,β-unsaturated/α-hetero) is 1. The fourth-order valence-corrected chi connectivity index (χ4v) is 2.69. The number of ether oxygens (including phenoxy) is 1. The number of hydrogen-bond donors (Lipinski definition) is 1. The number of aromatic nitrogens is 1. The predicted molar refractivity (Wildman–Crippen MR) is 104 cm³/mol.